The van der Waals surface area contributed by atoms with Crippen molar-refractivity contribution in [3.63, 3.8) is 0 Å². The van der Waals surface area contributed by atoms with Crippen molar-refractivity contribution in [2.24, 2.45) is 0 Å². The number of nitrogens with zero attached hydrogens (tertiary/aromatic N) is 4. The number of nitrogens with two attached hydrogens (primary N) is 1. The van der Waals surface area contributed by atoms with E-state index in [4.69, 9.17) is 5.73 Å². The third-order valence-electron chi connectivity index (χ3n) is 2.98. The topological polar surface area (TPSA) is 104 Å². The molecule has 1 aliphatic rings. The number of aromatic nitrogens is 4. The van der Waals surface area contributed by atoms with E-state index in [0.29, 0.717) is 23.3 Å². The highest BCUT2D eigenvalue weighted by Gasteiger charge is 2.30. The number of hydrogen-bond acceptors (Lipinski definition) is 6. The van der Waals surface area contributed by atoms with Gasteiger partial charge in [-0.15, -0.1) is 0 Å². The van der Waals surface area contributed by atoms with E-state index in [1.165, 1.54) is 6.33 Å². The number of nitrogen functional groups attached to an aromatic ring is 1. The third kappa shape index (κ3) is 1.64. The molecule has 0 bridgehead atoms. The van der Waals surface area contributed by atoms with Crippen molar-refractivity contribution < 1.29 is 8.42 Å². The summed E-state index contributed by atoms with van der Waals surface area (Å²) in [7, 11) is -2.94. The van der Waals surface area contributed by atoms with Crippen LogP contribution in [0.25, 0.3) is 11.0 Å². The van der Waals surface area contributed by atoms with Crippen molar-refractivity contribution in [3.8, 4) is 0 Å². The Morgan fingerprint density at radius 3 is 2.94 bits per heavy atom. The van der Waals surface area contributed by atoms with Crippen LogP contribution in [0.5, 0.6) is 0 Å². The molecule has 1 aliphatic heterocycles. The first-order valence-corrected chi connectivity index (χ1v) is 7.03. The van der Waals surface area contributed by atoms with Gasteiger partial charge in [0.05, 0.1) is 29.1 Å². The fourth-order valence-electron chi connectivity index (χ4n) is 2.12. The van der Waals surface area contributed by atoms with Gasteiger partial charge in [-0.05, 0) is 6.42 Å². The van der Waals surface area contributed by atoms with Crippen molar-refractivity contribution in [3.05, 3.63) is 12.5 Å². The molecule has 2 aromatic rings. The highest BCUT2D eigenvalue weighted by Crippen LogP contribution is 2.26. The number of fused-ring (bicyclic) bond motifs is 1. The molecule has 1 fully saturated rings. The van der Waals surface area contributed by atoms with Crippen molar-refractivity contribution >= 4 is 26.7 Å². The molecule has 2 N–H and O–H groups in total. The van der Waals surface area contributed by atoms with Gasteiger partial charge in [0.15, 0.2) is 15.5 Å². The van der Waals surface area contributed by atoms with Crippen LogP contribution in [0.15, 0.2) is 12.5 Å². The Morgan fingerprint density at radius 2 is 2.24 bits per heavy atom. The Kier molecular flexibility index (Phi) is 2.09. The Hall–Kier alpha value is -1.70. The fraction of sp³-hybridized carbons (Fsp3) is 0.444. The van der Waals surface area contributed by atoms with Crippen LogP contribution in [-0.4, -0.2) is 39.7 Å². The molecule has 90 valence electrons. The summed E-state index contributed by atoms with van der Waals surface area (Å²) in [5, 5.41) is 4.84. The van der Waals surface area contributed by atoms with E-state index < -0.39 is 9.84 Å². The molecule has 3 heterocycles. The first-order chi connectivity index (χ1) is 8.07. The predicted octanol–water partition coefficient (Wildman–Crippen LogP) is -0.232. The van der Waals surface area contributed by atoms with Crippen LogP contribution in [0.3, 0.4) is 0 Å². The van der Waals surface area contributed by atoms with E-state index in [1.807, 2.05) is 0 Å². The molecule has 0 saturated carbocycles. The summed E-state index contributed by atoms with van der Waals surface area (Å²) in [6.07, 6.45) is 3.51. The molecule has 0 amide bonds. The van der Waals surface area contributed by atoms with E-state index in [1.54, 1.807) is 10.9 Å². The maximum Gasteiger partial charge on any atom is 0.163 e. The summed E-state index contributed by atoms with van der Waals surface area (Å²) in [6.45, 7) is 0. The standard InChI is InChI=1S/C9H11N5O2S/c10-8-7-3-13-14(9(7)12-5-11-8)6-1-2-17(15,16)4-6/h3,5-6H,1-2,4H2,(H2,10,11,12). The minimum Gasteiger partial charge on any atom is -0.383 e. The third-order valence-corrected chi connectivity index (χ3v) is 4.73. The van der Waals surface area contributed by atoms with E-state index in [0.717, 1.165) is 0 Å². The van der Waals surface area contributed by atoms with Crippen molar-refractivity contribution in [2.45, 2.75) is 12.5 Å². The van der Waals surface area contributed by atoms with Gasteiger partial charge in [0.25, 0.3) is 0 Å². The number of rotatable bonds is 1. The molecular weight excluding hydrogens is 242 g/mol. The SMILES string of the molecule is Nc1ncnc2c1cnn2C1CCS(=O)(=O)C1. The number of sulfone groups is 1. The van der Waals surface area contributed by atoms with Crippen LogP contribution in [0, 0.1) is 0 Å². The van der Waals surface area contributed by atoms with Crippen LogP contribution in [-0.2, 0) is 9.84 Å². The molecule has 2 aromatic heterocycles. The summed E-state index contributed by atoms with van der Waals surface area (Å²) in [5.74, 6) is 0.690. The molecule has 1 unspecified atom stereocenters. The average molecular weight is 253 g/mol. The number of hydrogen-bond donors (Lipinski definition) is 1. The monoisotopic (exact) mass is 253 g/mol. The molecule has 17 heavy (non-hydrogen) atoms. The zero-order chi connectivity index (χ0) is 12.0. The largest absolute Gasteiger partial charge is 0.383 e. The van der Waals surface area contributed by atoms with E-state index in [9.17, 15) is 8.42 Å². The maximum absolute atomic E-state index is 11.4. The van der Waals surface area contributed by atoms with E-state index in [-0.39, 0.29) is 17.5 Å². The molecule has 3 rings (SSSR count). The van der Waals surface area contributed by atoms with Gasteiger partial charge < -0.3 is 5.73 Å². The first-order valence-electron chi connectivity index (χ1n) is 5.21. The molecule has 0 radical (unpaired) electrons. The van der Waals surface area contributed by atoms with Gasteiger partial charge in [0, 0.05) is 0 Å². The summed E-state index contributed by atoms with van der Waals surface area (Å²) in [4.78, 5) is 7.98. The van der Waals surface area contributed by atoms with Gasteiger partial charge in [-0.3, -0.25) is 0 Å². The Labute approximate surface area is 97.6 Å². The maximum atomic E-state index is 11.4. The zero-order valence-corrected chi connectivity index (χ0v) is 9.76. The second-order valence-corrected chi connectivity index (χ2v) is 6.37. The molecule has 1 saturated heterocycles. The summed E-state index contributed by atoms with van der Waals surface area (Å²) < 4.78 is 24.5. The average Bonchev–Trinajstić information content (AvgIpc) is 2.82. The van der Waals surface area contributed by atoms with Crippen molar-refractivity contribution in [2.75, 3.05) is 17.2 Å². The van der Waals surface area contributed by atoms with Gasteiger partial charge in [-0.25, -0.2) is 23.1 Å². The molecule has 0 aromatic carbocycles. The Bertz CT molecular complexity index is 678. The van der Waals surface area contributed by atoms with Crippen molar-refractivity contribution in [1.82, 2.24) is 19.7 Å². The predicted molar refractivity (Wildman–Crippen MR) is 62.0 cm³/mol. The summed E-state index contributed by atoms with van der Waals surface area (Å²) >= 11 is 0. The van der Waals surface area contributed by atoms with E-state index in [2.05, 4.69) is 15.1 Å². The Balaban J connectivity index is 2.11. The first kappa shape index (κ1) is 10.5. The van der Waals surface area contributed by atoms with Crippen LogP contribution < -0.4 is 5.73 Å². The van der Waals surface area contributed by atoms with Crippen LogP contribution in [0.2, 0.25) is 0 Å². The molecule has 0 spiro atoms. The number of anilines is 1. The lowest BCUT2D eigenvalue weighted by molar-refractivity contribution is 0.512. The second-order valence-electron chi connectivity index (χ2n) is 4.14. The molecule has 0 aliphatic carbocycles. The van der Waals surface area contributed by atoms with Gasteiger partial charge >= 0.3 is 0 Å². The lowest BCUT2D eigenvalue weighted by atomic mass is 10.3. The molecular formula is C9H11N5O2S. The van der Waals surface area contributed by atoms with Gasteiger partial charge in [0.2, 0.25) is 0 Å². The highest BCUT2D eigenvalue weighted by atomic mass is 32.2. The smallest absolute Gasteiger partial charge is 0.163 e. The van der Waals surface area contributed by atoms with Crippen LogP contribution in [0.4, 0.5) is 5.82 Å². The van der Waals surface area contributed by atoms with Gasteiger partial charge in [0.1, 0.15) is 12.1 Å². The van der Waals surface area contributed by atoms with E-state index >= 15 is 0 Å². The van der Waals surface area contributed by atoms with Crippen LogP contribution in [0.1, 0.15) is 12.5 Å². The quantitative estimate of drug-likeness (QED) is 0.752. The highest BCUT2D eigenvalue weighted by molar-refractivity contribution is 7.91. The van der Waals surface area contributed by atoms with Gasteiger partial charge in [-0.2, -0.15) is 5.10 Å². The summed E-state index contributed by atoms with van der Waals surface area (Å²) in [5.41, 5.74) is 6.30. The van der Waals surface area contributed by atoms with Crippen LogP contribution >= 0.6 is 0 Å². The summed E-state index contributed by atoms with van der Waals surface area (Å²) in [6, 6.07) is -0.146. The molecule has 1 atom stereocenters. The van der Waals surface area contributed by atoms with Crippen molar-refractivity contribution in [1.29, 1.82) is 0 Å². The minimum atomic E-state index is -2.94. The molecule has 7 nitrogen and oxygen atoms in total. The fourth-order valence-corrected chi connectivity index (χ4v) is 3.81. The van der Waals surface area contributed by atoms with Gasteiger partial charge in [-0.1, -0.05) is 0 Å². The Morgan fingerprint density at radius 1 is 1.41 bits per heavy atom. The minimum absolute atomic E-state index is 0.119. The second kappa shape index (κ2) is 3.39. The normalized spacial score (nSPS) is 23.2. The lowest BCUT2D eigenvalue weighted by Gasteiger charge is -2.08. The molecule has 8 heteroatoms. The lowest BCUT2D eigenvalue weighted by Crippen LogP contribution is -2.12. The zero-order valence-electron chi connectivity index (χ0n) is 8.94.